The quantitative estimate of drug-likeness (QED) is 0.719. The Morgan fingerprint density at radius 1 is 1.00 bits per heavy atom. The minimum Gasteiger partial charge on any atom is -0.357 e. The third-order valence-electron chi connectivity index (χ3n) is 3.48. The Kier molecular flexibility index (Phi) is 3.34. The molecule has 2 heteroatoms. The van der Waals surface area contributed by atoms with Crippen molar-refractivity contribution in [2.45, 2.75) is 19.5 Å². The van der Waals surface area contributed by atoms with E-state index in [2.05, 4.69) is 71.8 Å². The largest absolute Gasteiger partial charge is 0.357 e. The van der Waals surface area contributed by atoms with Crippen molar-refractivity contribution in [2.24, 2.45) is 0 Å². The Hall–Kier alpha value is -2.06. The minimum atomic E-state index is 0.354. The molecular formula is C17H18N2. The number of para-hydroxylation sites is 1. The van der Waals surface area contributed by atoms with Crippen LogP contribution in [0.25, 0.3) is 10.9 Å². The molecule has 0 aliphatic rings. The van der Waals surface area contributed by atoms with E-state index in [9.17, 15) is 0 Å². The lowest BCUT2D eigenvalue weighted by atomic mass is 10.1. The molecule has 19 heavy (non-hydrogen) atoms. The Balaban J connectivity index is 1.69. The van der Waals surface area contributed by atoms with E-state index < -0.39 is 0 Å². The number of fused-ring (bicyclic) bond motifs is 1. The second kappa shape index (κ2) is 5.29. The molecule has 96 valence electrons. The molecule has 1 heterocycles. The van der Waals surface area contributed by atoms with Crippen LogP contribution in [0, 0.1) is 0 Å². The second-order valence-electron chi connectivity index (χ2n) is 4.90. The fourth-order valence-electron chi connectivity index (χ4n) is 2.35. The molecule has 0 amide bonds. The van der Waals surface area contributed by atoms with Gasteiger partial charge >= 0.3 is 0 Å². The number of aromatic amines is 1. The van der Waals surface area contributed by atoms with E-state index in [-0.39, 0.29) is 0 Å². The van der Waals surface area contributed by atoms with Gasteiger partial charge in [-0.3, -0.25) is 0 Å². The van der Waals surface area contributed by atoms with Crippen LogP contribution in [0.5, 0.6) is 0 Å². The fourth-order valence-corrected chi connectivity index (χ4v) is 2.35. The van der Waals surface area contributed by atoms with Gasteiger partial charge in [0.05, 0.1) is 0 Å². The first-order valence-electron chi connectivity index (χ1n) is 6.68. The van der Waals surface area contributed by atoms with Crippen molar-refractivity contribution in [2.75, 3.05) is 0 Å². The van der Waals surface area contributed by atoms with Gasteiger partial charge in [-0.1, -0.05) is 48.5 Å². The zero-order chi connectivity index (χ0) is 13.1. The molecule has 0 bridgehead atoms. The number of nitrogens with one attached hydrogen (secondary N) is 2. The van der Waals surface area contributed by atoms with Crippen molar-refractivity contribution in [3.05, 3.63) is 71.9 Å². The maximum absolute atomic E-state index is 3.54. The van der Waals surface area contributed by atoms with Crippen molar-refractivity contribution in [3.8, 4) is 0 Å². The first-order chi connectivity index (χ1) is 9.33. The molecule has 0 aliphatic heterocycles. The molecule has 0 spiro atoms. The van der Waals surface area contributed by atoms with E-state index in [4.69, 9.17) is 0 Å². The number of rotatable bonds is 4. The van der Waals surface area contributed by atoms with Crippen LogP contribution in [0.1, 0.15) is 24.2 Å². The number of hydrogen-bond acceptors (Lipinski definition) is 1. The maximum Gasteiger partial charge on any atom is 0.0456 e. The SMILES string of the molecule is CC(NCc1cc2ccccc2[nH]1)c1ccccc1. The Labute approximate surface area is 113 Å². The Morgan fingerprint density at radius 2 is 1.74 bits per heavy atom. The number of hydrogen-bond donors (Lipinski definition) is 2. The van der Waals surface area contributed by atoms with Gasteiger partial charge in [-0.05, 0) is 30.0 Å². The van der Waals surface area contributed by atoms with Crippen LogP contribution in [-0.4, -0.2) is 4.98 Å². The third-order valence-corrected chi connectivity index (χ3v) is 3.48. The van der Waals surface area contributed by atoms with Crippen molar-refractivity contribution in [1.29, 1.82) is 0 Å². The molecule has 1 unspecified atom stereocenters. The highest BCUT2D eigenvalue weighted by Crippen LogP contribution is 2.16. The normalized spacial score (nSPS) is 12.7. The molecule has 0 fully saturated rings. The van der Waals surface area contributed by atoms with Gasteiger partial charge in [-0.2, -0.15) is 0 Å². The molecule has 3 aromatic rings. The fraction of sp³-hybridized carbons (Fsp3) is 0.176. The van der Waals surface area contributed by atoms with Gasteiger partial charge in [0.2, 0.25) is 0 Å². The Bertz CT molecular complexity index is 622. The van der Waals surface area contributed by atoms with Gasteiger partial charge in [0.1, 0.15) is 0 Å². The summed E-state index contributed by atoms with van der Waals surface area (Å²) in [6, 6.07) is 21.5. The predicted molar refractivity (Wildman–Crippen MR) is 80.0 cm³/mol. The molecule has 0 radical (unpaired) electrons. The van der Waals surface area contributed by atoms with E-state index >= 15 is 0 Å². The molecule has 1 aromatic heterocycles. The number of benzene rings is 2. The summed E-state index contributed by atoms with van der Waals surface area (Å²) in [6.07, 6.45) is 0. The molecule has 0 aliphatic carbocycles. The lowest BCUT2D eigenvalue weighted by Gasteiger charge is -2.13. The minimum absolute atomic E-state index is 0.354. The highest BCUT2D eigenvalue weighted by atomic mass is 14.9. The monoisotopic (exact) mass is 250 g/mol. The van der Waals surface area contributed by atoms with E-state index in [1.54, 1.807) is 0 Å². The summed E-state index contributed by atoms with van der Waals surface area (Å²) in [6.45, 7) is 3.04. The highest BCUT2D eigenvalue weighted by Gasteiger charge is 2.05. The highest BCUT2D eigenvalue weighted by molar-refractivity contribution is 5.80. The molecule has 2 nitrogen and oxygen atoms in total. The lowest BCUT2D eigenvalue weighted by molar-refractivity contribution is 0.569. The molecule has 3 rings (SSSR count). The Morgan fingerprint density at radius 3 is 2.53 bits per heavy atom. The first kappa shape index (κ1) is 12.0. The standard InChI is InChI=1S/C17H18N2/c1-13(14-7-3-2-4-8-14)18-12-16-11-15-9-5-6-10-17(15)19-16/h2-11,13,18-19H,12H2,1H3. The van der Waals surface area contributed by atoms with E-state index in [0.717, 1.165) is 6.54 Å². The molecule has 2 N–H and O–H groups in total. The smallest absolute Gasteiger partial charge is 0.0456 e. The number of aromatic nitrogens is 1. The summed E-state index contributed by atoms with van der Waals surface area (Å²) in [4.78, 5) is 3.44. The summed E-state index contributed by atoms with van der Waals surface area (Å²) in [7, 11) is 0. The van der Waals surface area contributed by atoms with Crippen LogP contribution < -0.4 is 5.32 Å². The van der Waals surface area contributed by atoms with Gasteiger partial charge in [0.15, 0.2) is 0 Å². The van der Waals surface area contributed by atoms with Gasteiger partial charge in [-0.25, -0.2) is 0 Å². The summed E-state index contributed by atoms with van der Waals surface area (Å²) in [5, 5.41) is 4.81. The zero-order valence-electron chi connectivity index (χ0n) is 11.1. The second-order valence-corrected chi connectivity index (χ2v) is 4.90. The lowest BCUT2D eigenvalue weighted by Crippen LogP contribution is -2.18. The number of H-pyrrole nitrogens is 1. The van der Waals surface area contributed by atoms with E-state index in [1.807, 2.05) is 6.07 Å². The van der Waals surface area contributed by atoms with Crippen LogP contribution in [-0.2, 0) is 6.54 Å². The molecular weight excluding hydrogens is 232 g/mol. The summed E-state index contributed by atoms with van der Waals surface area (Å²) in [5.74, 6) is 0. The summed E-state index contributed by atoms with van der Waals surface area (Å²) in [5.41, 5.74) is 3.74. The maximum atomic E-state index is 3.54. The molecule has 2 aromatic carbocycles. The van der Waals surface area contributed by atoms with Crippen molar-refractivity contribution >= 4 is 10.9 Å². The summed E-state index contributed by atoms with van der Waals surface area (Å²) < 4.78 is 0. The zero-order valence-corrected chi connectivity index (χ0v) is 11.1. The van der Waals surface area contributed by atoms with Gasteiger partial charge in [0.25, 0.3) is 0 Å². The van der Waals surface area contributed by atoms with Crippen molar-refractivity contribution < 1.29 is 0 Å². The van der Waals surface area contributed by atoms with Crippen LogP contribution in [0.4, 0.5) is 0 Å². The van der Waals surface area contributed by atoms with Crippen molar-refractivity contribution in [3.63, 3.8) is 0 Å². The third kappa shape index (κ3) is 2.69. The van der Waals surface area contributed by atoms with Crippen LogP contribution >= 0.6 is 0 Å². The van der Waals surface area contributed by atoms with Crippen LogP contribution in [0.2, 0.25) is 0 Å². The van der Waals surface area contributed by atoms with Gasteiger partial charge < -0.3 is 10.3 Å². The van der Waals surface area contributed by atoms with Crippen molar-refractivity contribution in [1.82, 2.24) is 10.3 Å². The van der Waals surface area contributed by atoms with Crippen LogP contribution in [0.3, 0.4) is 0 Å². The van der Waals surface area contributed by atoms with Gasteiger partial charge in [0, 0.05) is 23.8 Å². The van der Waals surface area contributed by atoms with Crippen LogP contribution in [0.15, 0.2) is 60.7 Å². The average Bonchev–Trinajstić information content (AvgIpc) is 2.88. The predicted octanol–water partition coefficient (Wildman–Crippen LogP) is 4.02. The topological polar surface area (TPSA) is 27.8 Å². The average molecular weight is 250 g/mol. The molecule has 0 saturated carbocycles. The summed E-state index contributed by atoms with van der Waals surface area (Å²) >= 11 is 0. The molecule has 1 atom stereocenters. The molecule has 0 saturated heterocycles. The van der Waals surface area contributed by atoms with Gasteiger partial charge in [-0.15, -0.1) is 0 Å². The first-order valence-corrected chi connectivity index (χ1v) is 6.68. The van der Waals surface area contributed by atoms with E-state index in [0.29, 0.717) is 6.04 Å². The van der Waals surface area contributed by atoms with E-state index in [1.165, 1.54) is 22.2 Å².